The molecule has 1 aliphatic rings. The van der Waals surface area contributed by atoms with Crippen molar-refractivity contribution in [1.29, 1.82) is 0 Å². The predicted molar refractivity (Wildman–Crippen MR) is 61.6 cm³/mol. The maximum atomic E-state index is 11.4. The summed E-state index contributed by atoms with van der Waals surface area (Å²) in [6.45, 7) is 0. The quantitative estimate of drug-likeness (QED) is 0.532. The van der Waals surface area contributed by atoms with Crippen molar-refractivity contribution in [3.05, 3.63) is 34.4 Å². The summed E-state index contributed by atoms with van der Waals surface area (Å²) in [6, 6.07) is 5.34. The van der Waals surface area contributed by atoms with Crippen LogP contribution in [0.15, 0.2) is 24.3 Å². The van der Waals surface area contributed by atoms with Crippen LogP contribution in [0.2, 0.25) is 0 Å². The molecule has 1 aliphatic carbocycles. The molecule has 2 atom stereocenters. The van der Waals surface area contributed by atoms with Gasteiger partial charge in [-0.15, -0.1) is 0 Å². The Bertz CT molecular complexity index is 445. The van der Waals surface area contributed by atoms with Crippen molar-refractivity contribution in [2.75, 3.05) is 5.32 Å². The molecule has 4 N–H and O–H groups in total. The predicted octanol–water partition coefficient (Wildman–Crippen LogP) is 0.816. The summed E-state index contributed by atoms with van der Waals surface area (Å²) in [6.07, 6.45) is 0.785. The summed E-state index contributed by atoms with van der Waals surface area (Å²) in [5.74, 6) is 0. The van der Waals surface area contributed by atoms with Crippen molar-refractivity contribution in [2.24, 2.45) is 5.73 Å². The minimum atomic E-state index is -0.493. The Morgan fingerprint density at radius 1 is 1.41 bits per heavy atom. The molecule has 7 heteroatoms. The number of amides is 2. The minimum absolute atomic E-state index is 0.0137. The van der Waals surface area contributed by atoms with E-state index in [1.807, 2.05) is 0 Å². The lowest BCUT2D eigenvalue weighted by Gasteiger charge is -2.06. The Labute approximate surface area is 97.1 Å². The zero-order valence-electron chi connectivity index (χ0n) is 8.92. The van der Waals surface area contributed by atoms with E-state index in [0.717, 1.165) is 6.42 Å². The third-order valence-electron chi connectivity index (χ3n) is 2.49. The fourth-order valence-electron chi connectivity index (χ4n) is 1.38. The second-order valence-electron chi connectivity index (χ2n) is 3.91. The van der Waals surface area contributed by atoms with E-state index in [2.05, 4.69) is 10.6 Å². The smallest absolute Gasteiger partial charge is 0.319 e. The fraction of sp³-hybridized carbons (Fsp3) is 0.300. The molecule has 0 heterocycles. The van der Waals surface area contributed by atoms with Gasteiger partial charge in [-0.05, 0) is 18.6 Å². The van der Waals surface area contributed by atoms with Crippen LogP contribution in [-0.2, 0) is 0 Å². The van der Waals surface area contributed by atoms with Crippen molar-refractivity contribution >= 4 is 17.4 Å². The number of nitrogens with one attached hydrogen (secondary N) is 2. The van der Waals surface area contributed by atoms with Crippen molar-refractivity contribution in [3.8, 4) is 0 Å². The molecular formula is C10H12N4O3. The third kappa shape index (κ3) is 2.91. The lowest BCUT2D eigenvalue weighted by atomic mass is 10.3. The average Bonchev–Trinajstić information content (AvgIpc) is 2.94. The fourth-order valence-corrected chi connectivity index (χ4v) is 1.38. The van der Waals surface area contributed by atoms with E-state index in [-0.39, 0.29) is 23.8 Å². The SMILES string of the molecule is NC1CC1NC(=O)Nc1ccc([N+](=O)[O-])cc1. The summed E-state index contributed by atoms with van der Waals surface area (Å²) in [7, 11) is 0. The standard InChI is InChI=1S/C10H12N4O3/c11-8-5-9(8)13-10(15)12-6-1-3-7(4-2-6)14(16)17/h1-4,8-9H,5,11H2,(H2,12,13,15). The van der Waals surface area contributed by atoms with Gasteiger partial charge in [-0.3, -0.25) is 10.1 Å². The number of nitrogens with two attached hydrogens (primary N) is 1. The molecule has 1 saturated carbocycles. The Morgan fingerprint density at radius 2 is 2.00 bits per heavy atom. The number of urea groups is 1. The van der Waals surface area contributed by atoms with E-state index in [0.29, 0.717) is 5.69 Å². The summed E-state index contributed by atoms with van der Waals surface area (Å²) >= 11 is 0. The van der Waals surface area contributed by atoms with E-state index in [1.54, 1.807) is 0 Å². The van der Waals surface area contributed by atoms with E-state index in [4.69, 9.17) is 5.73 Å². The van der Waals surface area contributed by atoms with Gasteiger partial charge in [0.1, 0.15) is 0 Å². The van der Waals surface area contributed by atoms with Gasteiger partial charge in [-0.2, -0.15) is 0 Å². The number of nitro groups is 1. The molecule has 0 saturated heterocycles. The molecule has 1 fully saturated rings. The van der Waals surface area contributed by atoms with Crippen LogP contribution in [0.25, 0.3) is 0 Å². The topological polar surface area (TPSA) is 110 Å². The number of hydrogen-bond acceptors (Lipinski definition) is 4. The molecule has 2 unspecified atom stereocenters. The van der Waals surface area contributed by atoms with Crippen LogP contribution >= 0.6 is 0 Å². The number of benzene rings is 1. The molecule has 2 rings (SSSR count). The molecule has 0 aromatic heterocycles. The van der Waals surface area contributed by atoms with Gasteiger partial charge in [0, 0.05) is 29.9 Å². The number of anilines is 1. The van der Waals surface area contributed by atoms with E-state index in [1.165, 1.54) is 24.3 Å². The van der Waals surface area contributed by atoms with Gasteiger partial charge in [0.15, 0.2) is 0 Å². The number of non-ortho nitro benzene ring substituents is 1. The number of nitrogens with zero attached hydrogens (tertiary/aromatic N) is 1. The van der Waals surface area contributed by atoms with Crippen LogP contribution in [0.3, 0.4) is 0 Å². The zero-order valence-corrected chi connectivity index (χ0v) is 8.92. The van der Waals surface area contributed by atoms with Gasteiger partial charge < -0.3 is 16.4 Å². The van der Waals surface area contributed by atoms with Crippen LogP contribution in [0.4, 0.5) is 16.2 Å². The average molecular weight is 236 g/mol. The van der Waals surface area contributed by atoms with Gasteiger partial charge in [0.2, 0.25) is 0 Å². The van der Waals surface area contributed by atoms with E-state index >= 15 is 0 Å². The summed E-state index contributed by atoms with van der Waals surface area (Å²) in [4.78, 5) is 21.3. The second-order valence-corrected chi connectivity index (χ2v) is 3.91. The van der Waals surface area contributed by atoms with Crippen LogP contribution in [0.5, 0.6) is 0 Å². The number of nitro benzene ring substituents is 1. The van der Waals surface area contributed by atoms with E-state index < -0.39 is 4.92 Å². The van der Waals surface area contributed by atoms with Gasteiger partial charge in [0.25, 0.3) is 5.69 Å². The first-order chi connectivity index (χ1) is 8.06. The Balaban J connectivity index is 1.89. The van der Waals surface area contributed by atoms with Crippen molar-refractivity contribution in [3.63, 3.8) is 0 Å². The molecule has 2 amide bonds. The number of carbonyl (C=O) groups is 1. The summed E-state index contributed by atoms with van der Waals surface area (Å²) in [5, 5.41) is 15.7. The van der Waals surface area contributed by atoms with Crippen LogP contribution in [0.1, 0.15) is 6.42 Å². The highest BCUT2D eigenvalue weighted by Crippen LogP contribution is 2.18. The number of hydrogen-bond donors (Lipinski definition) is 3. The van der Waals surface area contributed by atoms with E-state index in [9.17, 15) is 14.9 Å². The van der Waals surface area contributed by atoms with Crippen molar-refractivity contribution in [2.45, 2.75) is 18.5 Å². The molecular weight excluding hydrogens is 224 g/mol. The lowest BCUT2D eigenvalue weighted by Crippen LogP contribution is -2.33. The van der Waals surface area contributed by atoms with Gasteiger partial charge in [-0.25, -0.2) is 4.79 Å². The van der Waals surface area contributed by atoms with Crippen LogP contribution in [-0.4, -0.2) is 23.0 Å². The largest absolute Gasteiger partial charge is 0.334 e. The maximum absolute atomic E-state index is 11.4. The first-order valence-electron chi connectivity index (χ1n) is 5.14. The highest BCUT2D eigenvalue weighted by Gasteiger charge is 2.34. The highest BCUT2D eigenvalue weighted by molar-refractivity contribution is 5.89. The Hall–Kier alpha value is -2.15. The van der Waals surface area contributed by atoms with Crippen LogP contribution < -0.4 is 16.4 Å². The third-order valence-corrected chi connectivity index (χ3v) is 2.49. The van der Waals surface area contributed by atoms with Gasteiger partial charge in [-0.1, -0.05) is 0 Å². The summed E-state index contributed by atoms with van der Waals surface area (Å²) < 4.78 is 0. The Kier molecular flexibility index (Phi) is 2.92. The molecule has 1 aromatic carbocycles. The maximum Gasteiger partial charge on any atom is 0.319 e. The molecule has 0 radical (unpaired) electrons. The lowest BCUT2D eigenvalue weighted by molar-refractivity contribution is -0.384. The van der Waals surface area contributed by atoms with Gasteiger partial charge in [0.05, 0.1) is 4.92 Å². The number of rotatable bonds is 3. The molecule has 0 aliphatic heterocycles. The van der Waals surface area contributed by atoms with Crippen molar-refractivity contribution in [1.82, 2.24) is 5.32 Å². The molecule has 0 bridgehead atoms. The monoisotopic (exact) mass is 236 g/mol. The number of carbonyl (C=O) groups excluding carboxylic acids is 1. The normalized spacial score (nSPS) is 21.7. The summed E-state index contributed by atoms with van der Waals surface area (Å²) in [5.41, 5.74) is 6.03. The van der Waals surface area contributed by atoms with Gasteiger partial charge >= 0.3 is 6.03 Å². The molecule has 90 valence electrons. The Morgan fingerprint density at radius 3 is 2.47 bits per heavy atom. The first-order valence-corrected chi connectivity index (χ1v) is 5.14. The molecule has 17 heavy (non-hydrogen) atoms. The molecule has 0 spiro atoms. The van der Waals surface area contributed by atoms with Crippen molar-refractivity contribution < 1.29 is 9.72 Å². The second kappa shape index (κ2) is 4.38. The van der Waals surface area contributed by atoms with Crippen LogP contribution in [0, 0.1) is 10.1 Å². The molecule has 7 nitrogen and oxygen atoms in total. The first kappa shape index (κ1) is 11.3. The zero-order chi connectivity index (χ0) is 12.4. The highest BCUT2D eigenvalue weighted by atomic mass is 16.6. The minimum Gasteiger partial charge on any atom is -0.334 e. The molecule has 1 aromatic rings.